The molecule has 3 heterocycles. The number of piperidine rings is 1. The number of ether oxygens (including phenoxy) is 2. The first-order chi connectivity index (χ1) is 17.6. The molecule has 9 nitrogen and oxygen atoms in total. The van der Waals surface area contributed by atoms with Crippen LogP contribution in [0.5, 0.6) is 11.5 Å². The minimum atomic E-state index is -0.273. The molecule has 0 aliphatic carbocycles. The third-order valence-electron chi connectivity index (χ3n) is 6.39. The maximum atomic E-state index is 13.0. The monoisotopic (exact) mass is 483 g/mol. The number of hydrogen-bond donors (Lipinski definition) is 2. The van der Waals surface area contributed by atoms with Gasteiger partial charge in [0.1, 0.15) is 11.9 Å². The van der Waals surface area contributed by atoms with E-state index in [-0.39, 0.29) is 24.5 Å². The molecule has 36 heavy (non-hydrogen) atoms. The number of para-hydroxylation sites is 1. The van der Waals surface area contributed by atoms with E-state index in [1.807, 2.05) is 24.3 Å². The molecule has 2 aliphatic heterocycles. The van der Waals surface area contributed by atoms with Gasteiger partial charge in [-0.25, -0.2) is 4.98 Å². The van der Waals surface area contributed by atoms with Gasteiger partial charge in [0.2, 0.25) is 12.7 Å². The number of hydrogen-bond acceptors (Lipinski definition) is 7. The number of amides is 2. The van der Waals surface area contributed by atoms with Crippen LogP contribution in [-0.2, 0) is 11.3 Å². The number of nitrogens with one attached hydrogen (secondary N) is 2. The lowest BCUT2D eigenvalue weighted by Gasteiger charge is -2.32. The van der Waals surface area contributed by atoms with Crippen LogP contribution in [0.3, 0.4) is 0 Å². The highest BCUT2D eigenvalue weighted by Gasteiger charge is 2.26. The van der Waals surface area contributed by atoms with E-state index in [1.54, 1.807) is 36.5 Å². The molecule has 1 saturated heterocycles. The molecule has 1 fully saturated rings. The molecule has 2 N–H and O–H groups in total. The van der Waals surface area contributed by atoms with Crippen molar-refractivity contribution in [2.24, 2.45) is 5.92 Å². The zero-order valence-electron chi connectivity index (χ0n) is 19.6. The molecule has 0 unspecified atom stereocenters. The SMILES string of the molecule is N#Cc1ccc(N2CCC(C(=O)Nc3ccccc3C(=O)NCc3ccc4c(c3)OCO4)CC2)nc1. The van der Waals surface area contributed by atoms with Crippen LogP contribution in [0.4, 0.5) is 11.5 Å². The largest absolute Gasteiger partial charge is 0.454 e. The van der Waals surface area contributed by atoms with Crippen molar-refractivity contribution >= 4 is 23.3 Å². The number of benzene rings is 2. The van der Waals surface area contributed by atoms with E-state index in [2.05, 4.69) is 26.6 Å². The Bertz CT molecular complexity index is 1310. The van der Waals surface area contributed by atoms with Gasteiger partial charge in [-0.05, 0) is 54.8 Å². The van der Waals surface area contributed by atoms with E-state index in [9.17, 15) is 9.59 Å². The number of rotatable bonds is 6. The first-order valence-electron chi connectivity index (χ1n) is 11.8. The van der Waals surface area contributed by atoms with Crippen LogP contribution in [0, 0.1) is 17.2 Å². The normalized spacial score (nSPS) is 14.7. The summed E-state index contributed by atoms with van der Waals surface area (Å²) in [5.74, 6) is 1.62. The fourth-order valence-electron chi connectivity index (χ4n) is 4.36. The Labute approximate surface area is 208 Å². The number of nitrogens with zero attached hydrogens (tertiary/aromatic N) is 3. The average Bonchev–Trinajstić information content (AvgIpc) is 3.40. The summed E-state index contributed by atoms with van der Waals surface area (Å²) >= 11 is 0. The minimum Gasteiger partial charge on any atom is -0.454 e. The van der Waals surface area contributed by atoms with Crippen LogP contribution in [0.25, 0.3) is 0 Å². The van der Waals surface area contributed by atoms with Gasteiger partial charge in [-0.15, -0.1) is 0 Å². The molecule has 0 atom stereocenters. The van der Waals surface area contributed by atoms with Gasteiger partial charge in [-0.2, -0.15) is 5.26 Å². The molecule has 1 aromatic heterocycles. The molecule has 3 aromatic rings. The fourth-order valence-corrected chi connectivity index (χ4v) is 4.36. The predicted octanol–water partition coefficient (Wildman–Crippen LogP) is 3.47. The first-order valence-corrected chi connectivity index (χ1v) is 11.8. The molecule has 9 heteroatoms. The standard InChI is InChI=1S/C27H25N5O4/c28-14-19-6-8-25(29-16-19)32-11-9-20(10-12-32)26(33)31-22-4-2-1-3-21(22)27(34)30-15-18-5-7-23-24(13-18)36-17-35-23/h1-8,13,16,20H,9-12,15,17H2,(H,30,34)(H,31,33). The number of fused-ring (bicyclic) bond motifs is 1. The highest BCUT2D eigenvalue weighted by Crippen LogP contribution is 2.32. The van der Waals surface area contributed by atoms with Gasteiger partial charge in [-0.1, -0.05) is 18.2 Å². The summed E-state index contributed by atoms with van der Waals surface area (Å²) in [6.45, 7) is 1.90. The van der Waals surface area contributed by atoms with Gasteiger partial charge in [0, 0.05) is 31.7 Å². The highest BCUT2D eigenvalue weighted by atomic mass is 16.7. The fraction of sp³-hybridized carbons (Fsp3) is 0.259. The lowest BCUT2D eigenvalue weighted by atomic mass is 9.95. The van der Waals surface area contributed by atoms with Crippen molar-refractivity contribution in [1.29, 1.82) is 5.26 Å². The summed E-state index contributed by atoms with van der Waals surface area (Å²) in [6.07, 6.45) is 2.90. The van der Waals surface area contributed by atoms with Gasteiger partial charge in [0.15, 0.2) is 11.5 Å². The Morgan fingerprint density at radius 2 is 1.86 bits per heavy atom. The van der Waals surface area contributed by atoms with E-state index in [4.69, 9.17) is 14.7 Å². The average molecular weight is 484 g/mol. The van der Waals surface area contributed by atoms with Crippen molar-refractivity contribution in [2.75, 3.05) is 30.1 Å². The van der Waals surface area contributed by atoms with Gasteiger partial charge in [0.25, 0.3) is 5.91 Å². The summed E-state index contributed by atoms with van der Waals surface area (Å²) in [7, 11) is 0. The molecule has 2 aliphatic rings. The van der Waals surface area contributed by atoms with Crippen LogP contribution in [0.2, 0.25) is 0 Å². The van der Waals surface area contributed by atoms with Gasteiger partial charge < -0.3 is 25.0 Å². The van der Waals surface area contributed by atoms with E-state index in [0.717, 1.165) is 11.4 Å². The van der Waals surface area contributed by atoms with Crippen molar-refractivity contribution in [3.63, 3.8) is 0 Å². The van der Waals surface area contributed by atoms with Crippen molar-refractivity contribution in [2.45, 2.75) is 19.4 Å². The zero-order valence-corrected chi connectivity index (χ0v) is 19.6. The maximum absolute atomic E-state index is 13.0. The zero-order chi connectivity index (χ0) is 24.9. The Morgan fingerprint density at radius 1 is 1.06 bits per heavy atom. The molecule has 0 radical (unpaired) electrons. The Balaban J connectivity index is 1.17. The third kappa shape index (κ3) is 5.08. The van der Waals surface area contributed by atoms with Crippen molar-refractivity contribution in [3.8, 4) is 17.6 Å². The Hall–Kier alpha value is -4.58. The van der Waals surface area contributed by atoms with Crippen LogP contribution in [0.15, 0.2) is 60.8 Å². The van der Waals surface area contributed by atoms with Crippen LogP contribution >= 0.6 is 0 Å². The van der Waals surface area contributed by atoms with Crippen LogP contribution in [0.1, 0.15) is 34.3 Å². The topological polar surface area (TPSA) is 117 Å². The van der Waals surface area contributed by atoms with E-state index in [0.29, 0.717) is 60.8 Å². The van der Waals surface area contributed by atoms with Crippen molar-refractivity contribution < 1.29 is 19.1 Å². The van der Waals surface area contributed by atoms with E-state index >= 15 is 0 Å². The number of nitriles is 1. The maximum Gasteiger partial charge on any atom is 0.253 e. The highest BCUT2D eigenvalue weighted by molar-refractivity contribution is 6.04. The molecule has 5 rings (SSSR count). The van der Waals surface area contributed by atoms with Crippen LogP contribution in [-0.4, -0.2) is 36.7 Å². The van der Waals surface area contributed by atoms with Crippen LogP contribution < -0.4 is 25.0 Å². The lowest BCUT2D eigenvalue weighted by Crippen LogP contribution is -2.38. The second-order valence-corrected chi connectivity index (χ2v) is 8.68. The van der Waals surface area contributed by atoms with Gasteiger partial charge >= 0.3 is 0 Å². The smallest absolute Gasteiger partial charge is 0.253 e. The summed E-state index contributed by atoms with van der Waals surface area (Å²) in [6, 6.07) is 18.2. The summed E-state index contributed by atoms with van der Waals surface area (Å²) in [4.78, 5) is 32.4. The second-order valence-electron chi connectivity index (χ2n) is 8.68. The minimum absolute atomic E-state index is 0.0986. The number of anilines is 2. The van der Waals surface area contributed by atoms with Crippen molar-refractivity contribution in [3.05, 3.63) is 77.5 Å². The van der Waals surface area contributed by atoms with Crippen molar-refractivity contribution in [1.82, 2.24) is 10.3 Å². The summed E-state index contributed by atoms with van der Waals surface area (Å²) in [5.41, 5.74) is 2.30. The Kier molecular flexibility index (Phi) is 6.67. The first kappa shape index (κ1) is 23.2. The van der Waals surface area contributed by atoms with Gasteiger partial charge in [0.05, 0.1) is 16.8 Å². The molecule has 2 amide bonds. The number of carbonyl (C=O) groups excluding carboxylic acids is 2. The third-order valence-corrected chi connectivity index (χ3v) is 6.39. The Morgan fingerprint density at radius 3 is 2.64 bits per heavy atom. The predicted molar refractivity (Wildman–Crippen MR) is 133 cm³/mol. The van der Waals surface area contributed by atoms with E-state index < -0.39 is 0 Å². The lowest BCUT2D eigenvalue weighted by molar-refractivity contribution is -0.120. The number of aromatic nitrogens is 1. The summed E-state index contributed by atoms with van der Waals surface area (Å²) < 4.78 is 10.7. The second kappa shape index (κ2) is 10.4. The quantitative estimate of drug-likeness (QED) is 0.551. The molecular formula is C27H25N5O4. The molecule has 2 aromatic carbocycles. The number of pyridine rings is 1. The molecule has 182 valence electrons. The van der Waals surface area contributed by atoms with E-state index in [1.165, 1.54) is 0 Å². The summed E-state index contributed by atoms with van der Waals surface area (Å²) in [5, 5.41) is 14.8. The molecule has 0 bridgehead atoms. The molecule has 0 spiro atoms. The molecular weight excluding hydrogens is 458 g/mol. The van der Waals surface area contributed by atoms with Gasteiger partial charge in [-0.3, -0.25) is 9.59 Å². The number of carbonyl (C=O) groups is 2. The molecule has 0 saturated carbocycles.